The Morgan fingerprint density at radius 2 is 1.05 bits per heavy atom. The first-order chi connectivity index (χ1) is 9.69. The van der Waals surface area contributed by atoms with Gasteiger partial charge in [-0.1, -0.05) is 48.6 Å². The molecule has 0 heteroatoms. The molecule has 0 fully saturated rings. The maximum absolute atomic E-state index is 2.25. The summed E-state index contributed by atoms with van der Waals surface area (Å²) < 4.78 is 0. The SMILES string of the molecule is C/C=c1\c2ccccc2/c(=C\C)c2c(C)ccc(C)c12. The zero-order valence-electron chi connectivity index (χ0n) is 12.6. The Balaban J connectivity index is 2.87. The molecule has 3 rings (SSSR count). The second-order valence-electron chi connectivity index (χ2n) is 5.40. The van der Waals surface area contributed by atoms with Crippen molar-refractivity contribution < 1.29 is 0 Å². The third-order valence-electron chi connectivity index (χ3n) is 4.25. The van der Waals surface area contributed by atoms with E-state index in [4.69, 9.17) is 0 Å². The van der Waals surface area contributed by atoms with Crippen LogP contribution in [0, 0.1) is 13.8 Å². The molecule has 3 aromatic carbocycles. The summed E-state index contributed by atoms with van der Waals surface area (Å²) in [5, 5.41) is 8.23. The summed E-state index contributed by atoms with van der Waals surface area (Å²) in [5.74, 6) is 0. The highest BCUT2D eigenvalue weighted by atomic mass is 14.1. The zero-order chi connectivity index (χ0) is 14.3. The summed E-state index contributed by atoms with van der Waals surface area (Å²) >= 11 is 0. The van der Waals surface area contributed by atoms with E-state index >= 15 is 0 Å². The molecule has 3 aromatic rings. The van der Waals surface area contributed by atoms with Gasteiger partial charge in [0.2, 0.25) is 0 Å². The Hall–Kier alpha value is -2.08. The van der Waals surface area contributed by atoms with E-state index in [-0.39, 0.29) is 0 Å². The van der Waals surface area contributed by atoms with Gasteiger partial charge in [0.05, 0.1) is 0 Å². The largest absolute Gasteiger partial charge is 0.0791 e. The zero-order valence-corrected chi connectivity index (χ0v) is 12.6. The molecule has 0 heterocycles. The van der Waals surface area contributed by atoms with Crippen LogP contribution in [-0.4, -0.2) is 0 Å². The minimum absolute atomic E-state index is 1.35. The average molecular weight is 260 g/mol. The van der Waals surface area contributed by atoms with Gasteiger partial charge in [0.15, 0.2) is 0 Å². The molecule has 0 amide bonds. The maximum Gasteiger partial charge on any atom is -0.00704 e. The van der Waals surface area contributed by atoms with E-state index in [0.717, 1.165) is 0 Å². The van der Waals surface area contributed by atoms with Crippen LogP contribution < -0.4 is 10.4 Å². The monoisotopic (exact) mass is 260 g/mol. The van der Waals surface area contributed by atoms with Crippen molar-refractivity contribution in [1.82, 2.24) is 0 Å². The van der Waals surface area contributed by atoms with E-state index in [2.05, 4.69) is 76.2 Å². The summed E-state index contributed by atoms with van der Waals surface area (Å²) in [6, 6.07) is 13.2. The van der Waals surface area contributed by atoms with Crippen molar-refractivity contribution in [3.63, 3.8) is 0 Å². The van der Waals surface area contributed by atoms with Crippen molar-refractivity contribution in [1.29, 1.82) is 0 Å². The lowest BCUT2D eigenvalue weighted by Crippen LogP contribution is -2.16. The van der Waals surface area contributed by atoms with E-state index in [1.165, 1.54) is 43.1 Å². The first-order valence-electron chi connectivity index (χ1n) is 7.22. The predicted octanol–water partition coefficient (Wildman–Crippen LogP) is 4.21. The minimum atomic E-state index is 1.35. The van der Waals surface area contributed by atoms with E-state index in [9.17, 15) is 0 Å². The molecule has 0 nitrogen and oxygen atoms in total. The molecule has 0 bridgehead atoms. The van der Waals surface area contributed by atoms with Gasteiger partial charge in [-0.2, -0.15) is 0 Å². The molecule has 0 aliphatic heterocycles. The van der Waals surface area contributed by atoms with Gasteiger partial charge in [-0.25, -0.2) is 0 Å². The number of fused-ring (bicyclic) bond motifs is 2. The highest BCUT2D eigenvalue weighted by Gasteiger charge is 2.08. The van der Waals surface area contributed by atoms with Crippen molar-refractivity contribution in [2.75, 3.05) is 0 Å². The van der Waals surface area contributed by atoms with Crippen LogP contribution in [0.15, 0.2) is 36.4 Å². The van der Waals surface area contributed by atoms with Crippen LogP contribution in [0.25, 0.3) is 33.7 Å². The Morgan fingerprint density at radius 1 is 0.650 bits per heavy atom. The van der Waals surface area contributed by atoms with Gasteiger partial charge in [-0.05, 0) is 70.8 Å². The number of hydrogen-bond acceptors (Lipinski definition) is 0. The molecular weight excluding hydrogens is 240 g/mol. The molecule has 0 atom stereocenters. The molecule has 0 aliphatic carbocycles. The van der Waals surface area contributed by atoms with Crippen LogP contribution in [-0.2, 0) is 0 Å². The third-order valence-corrected chi connectivity index (χ3v) is 4.25. The molecule has 0 saturated heterocycles. The summed E-state index contributed by atoms with van der Waals surface area (Å²) in [4.78, 5) is 0. The van der Waals surface area contributed by atoms with Crippen LogP contribution in [0.5, 0.6) is 0 Å². The number of benzene rings is 3. The number of rotatable bonds is 0. The summed E-state index contributed by atoms with van der Waals surface area (Å²) in [7, 11) is 0. The fourth-order valence-electron chi connectivity index (χ4n) is 3.33. The van der Waals surface area contributed by atoms with Crippen molar-refractivity contribution >= 4 is 33.7 Å². The summed E-state index contributed by atoms with van der Waals surface area (Å²) in [5.41, 5.74) is 2.71. The first kappa shape index (κ1) is 12.9. The van der Waals surface area contributed by atoms with Gasteiger partial charge in [-0.3, -0.25) is 0 Å². The van der Waals surface area contributed by atoms with Gasteiger partial charge in [-0.15, -0.1) is 0 Å². The Morgan fingerprint density at radius 3 is 1.40 bits per heavy atom. The molecule has 100 valence electrons. The van der Waals surface area contributed by atoms with E-state index in [0.29, 0.717) is 0 Å². The van der Waals surface area contributed by atoms with E-state index in [1.54, 1.807) is 0 Å². The third kappa shape index (κ3) is 1.68. The predicted molar refractivity (Wildman–Crippen MR) is 90.5 cm³/mol. The second kappa shape index (κ2) is 4.79. The lowest BCUT2D eigenvalue weighted by molar-refractivity contribution is 1.45. The highest BCUT2D eigenvalue weighted by Crippen LogP contribution is 2.20. The van der Waals surface area contributed by atoms with Crippen molar-refractivity contribution in [3.05, 3.63) is 58.0 Å². The smallest absolute Gasteiger partial charge is 0.00704 e. The number of hydrogen-bond donors (Lipinski definition) is 0. The molecule has 0 spiro atoms. The molecule has 0 aliphatic rings. The van der Waals surface area contributed by atoms with Gasteiger partial charge >= 0.3 is 0 Å². The maximum atomic E-state index is 2.25. The molecule has 0 radical (unpaired) electrons. The van der Waals surface area contributed by atoms with Crippen LogP contribution in [0.3, 0.4) is 0 Å². The van der Waals surface area contributed by atoms with Crippen LogP contribution in [0.1, 0.15) is 25.0 Å². The lowest BCUT2D eigenvalue weighted by atomic mass is 9.92. The minimum Gasteiger partial charge on any atom is -0.0791 e. The van der Waals surface area contributed by atoms with Gasteiger partial charge in [0.1, 0.15) is 0 Å². The Kier molecular flexibility index (Phi) is 3.10. The summed E-state index contributed by atoms with van der Waals surface area (Å²) in [6.45, 7) is 8.70. The average Bonchev–Trinajstić information content (AvgIpc) is 2.48. The van der Waals surface area contributed by atoms with Crippen molar-refractivity contribution in [2.24, 2.45) is 0 Å². The van der Waals surface area contributed by atoms with Gasteiger partial charge < -0.3 is 0 Å². The van der Waals surface area contributed by atoms with Gasteiger partial charge in [0.25, 0.3) is 0 Å². The number of aryl methyl sites for hydroxylation is 2. The molecule has 20 heavy (non-hydrogen) atoms. The van der Waals surface area contributed by atoms with E-state index < -0.39 is 0 Å². The van der Waals surface area contributed by atoms with Crippen LogP contribution in [0.4, 0.5) is 0 Å². The molecule has 0 aromatic heterocycles. The van der Waals surface area contributed by atoms with Crippen LogP contribution >= 0.6 is 0 Å². The molecule has 0 N–H and O–H groups in total. The topological polar surface area (TPSA) is 0 Å². The quantitative estimate of drug-likeness (QED) is 0.531. The Labute approximate surface area is 120 Å². The van der Waals surface area contributed by atoms with Crippen molar-refractivity contribution in [2.45, 2.75) is 27.7 Å². The molecule has 0 saturated carbocycles. The summed E-state index contributed by atoms with van der Waals surface area (Å²) in [6.07, 6.45) is 4.49. The normalized spacial score (nSPS) is 13.6. The molecule has 0 unspecified atom stereocenters. The Bertz CT molecular complexity index is 850. The van der Waals surface area contributed by atoms with Gasteiger partial charge in [0, 0.05) is 0 Å². The van der Waals surface area contributed by atoms with Crippen LogP contribution in [0.2, 0.25) is 0 Å². The highest BCUT2D eigenvalue weighted by molar-refractivity contribution is 6.02. The lowest BCUT2D eigenvalue weighted by Gasteiger charge is -2.12. The standard InChI is InChI=1S/C20H20/c1-5-15-17-9-7-8-10-18(17)16(6-2)20-14(4)12-11-13(3)19(15)20/h5-12H,1-4H3/b15-5+,16-6+. The molecular formula is C20H20. The van der Waals surface area contributed by atoms with E-state index in [1.807, 2.05) is 0 Å². The fraction of sp³-hybridized carbons (Fsp3) is 0.200. The van der Waals surface area contributed by atoms with Crippen molar-refractivity contribution in [3.8, 4) is 0 Å². The first-order valence-corrected chi connectivity index (χ1v) is 7.22. The second-order valence-corrected chi connectivity index (χ2v) is 5.40. The fourth-order valence-corrected chi connectivity index (χ4v) is 3.33.